The van der Waals surface area contributed by atoms with E-state index >= 15 is 0 Å². The lowest BCUT2D eigenvalue weighted by Crippen LogP contribution is -2.30. The molecular formula is C15H22N2O3S. The van der Waals surface area contributed by atoms with E-state index in [-0.39, 0.29) is 16.2 Å². The van der Waals surface area contributed by atoms with Crippen molar-refractivity contribution in [3.8, 4) is 0 Å². The van der Waals surface area contributed by atoms with E-state index < -0.39 is 10.0 Å². The first-order chi connectivity index (χ1) is 9.68. The number of carbonyl (C=O) groups excluding carboxylic acids is 1. The first-order valence-corrected chi connectivity index (χ1v) is 8.65. The van der Waals surface area contributed by atoms with E-state index in [4.69, 9.17) is 5.14 Å². The Bertz CT molecular complexity index is 676. The molecule has 1 aliphatic rings. The van der Waals surface area contributed by atoms with Gasteiger partial charge in [0.1, 0.15) is 0 Å². The maximum atomic E-state index is 12.2. The Hall–Kier alpha value is -1.40. The second-order valence-electron chi connectivity index (χ2n) is 6.00. The van der Waals surface area contributed by atoms with Crippen molar-refractivity contribution in [3.63, 3.8) is 0 Å². The molecule has 1 amide bonds. The van der Waals surface area contributed by atoms with Crippen LogP contribution in [-0.2, 0) is 10.0 Å². The lowest BCUT2D eigenvalue weighted by atomic mass is 10.0. The Morgan fingerprint density at radius 2 is 1.95 bits per heavy atom. The number of carbonyl (C=O) groups is 1. The van der Waals surface area contributed by atoms with E-state index in [0.29, 0.717) is 17.7 Å². The first kappa shape index (κ1) is 16.0. The highest BCUT2D eigenvalue weighted by Crippen LogP contribution is 2.47. The molecule has 0 unspecified atom stereocenters. The molecule has 1 fully saturated rings. The van der Waals surface area contributed by atoms with Crippen LogP contribution in [0.3, 0.4) is 0 Å². The zero-order valence-electron chi connectivity index (χ0n) is 12.7. The highest BCUT2D eigenvalue weighted by Gasteiger charge is 2.40. The average Bonchev–Trinajstić information content (AvgIpc) is 3.18. The van der Waals surface area contributed by atoms with Gasteiger partial charge in [-0.25, -0.2) is 13.6 Å². The largest absolute Gasteiger partial charge is 0.351 e. The van der Waals surface area contributed by atoms with Crippen LogP contribution in [-0.4, -0.2) is 20.9 Å². The standard InChI is InChI=1S/C15H22N2O3S/c1-4-15(5-6-15)9-17-14(18)12-7-10(2)11(3)13(8-12)21(16,19)20/h7-8H,4-6,9H2,1-3H3,(H,17,18)(H2,16,19,20). The van der Waals surface area contributed by atoms with Crippen molar-refractivity contribution in [1.29, 1.82) is 0 Å². The minimum absolute atomic E-state index is 0.0178. The Morgan fingerprint density at radius 3 is 2.43 bits per heavy atom. The molecule has 1 aliphatic carbocycles. The summed E-state index contributed by atoms with van der Waals surface area (Å²) in [5.74, 6) is -0.247. The Balaban J connectivity index is 2.24. The van der Waals surface area contributed by atoms with E-state index in [2.05, 4.69) is 12.2 Å². The van der Waals surface area contributed by atoms with Gasteiger partial charge in [-0.2, -0.15) is 0 Å². The van der Waals surface area contributed by atoms with Gasteiger partial charge in [-0.15, -0.1) is 0 Å². The van der Waals surface area contributed by atoms with Crippen molar-refractivity contribution in [1.82, 2.24) is 5.32 Å². The molecule has 6 heteroatoms. The van der Waals surface area contributed by atoms with Gasteiger partial charge in [0.25, 0.3) is 5.91 Å². The molecule has 0 heterocycles. The SMILES string of the molecule is CCC1(CNC(=O)c2cc(C)c(C)c(S(N)(=O)=O)c2)CC1. The zero-order valence-corrected chi connectivity index (χ0v) is 13.5. The Kier molecular flexibility index (Phi) is 4.13. The monoisotopic (exact) mass is 310 g/mol. The third kappa shape index (κ3) is 3.44. The van der Waals surface area contributed by atoms with Gasteiger partial charge in [-0.3, -0.25) is 4.79 Å². The van der Waals surface area contributed by atoms with Gasteiger partial charge >= 0.3 is 0 Å². The molecule has 1 aromatic rings. The molecule has 0 aromatic heterocycles. The number of primary sulfonamides is 1. The molecule has 5 nitrogen and oxygen atoms in total. The van der Waals surface area contributed by atoms with Crippen LogP contribution in [0.15, 0.2) is 17.0 Å². The van der Waals surface area contributed by atoms with Crippen molar-refractivity contribution in [2.75, 3.05) is 6.54 Å². The summed E-state index contributed by atoms with van der Waals surface area (Å²) in [6, 6.07) is 3.06. The van der Waals surface area contributed by atoms with Gasteiger partial charge in [-0.05, 0) is 61.8 Å². The van der Waals surface area contributed by atoms with E-state index in [1.807, 2.05) is 0 Å². The summed E-state index contributed by atoms with van der Waals surface area (Å²) in [5.41, 5.74) is 1.91. The highest BCUT2D eigenvalue weighted by molar-refractivity contribution is 7.89. The van der Waals surface area contributed by atoms with Gasteiger partial charge in [-0.1, -0.05) is 6.92 Å². The predicted octanol–water partition coefficient (Wildman–Crippen LogP) is 1.87. The van der Waals surface area contributed by atoms with Crippen LogP contribution < -0.4 is 10.5 Å². The van der Waals surface area contributed by atoms with Crippen LogP contribution in [0, 0.1) is 19.3 Å². The first-order valence-electron chi connectivity index (χ1n) is 7.11. The number of nitrogens with one attached hydrogen (secondary N) is 1. The van der Waals surface area contributed by atoms with Crippen molar-refractivity contribution in [2.45, 2.75) is 44.9 Å². The Labute approximate surface area is 126 Å². The fourth-order valence-corrected chi connectivity index (χ4v) is 3.33. The van der Waals surface area contributed by atoms with Crippen LogP contribution in [0.2, 0.25) is 0 Å². The van der Waals surface area contributed by atoms with Crippen molar-refractivity contribution in [2.24, 2.45) is 10.6 Å². The molecule has 1 saturated carbocycles. The molecule has 0 spiro atoms. The van der Waals surface area contributed by atoms with Crippen molar-refractivity contribution < 1.29 is 13.2 Å². The van der Waals surface area contributed by atoms with Gasteiger partial charge in [0.2, 0.25) is 10.0 Å². The highest BCUT2D eigenvalue weighted by atomic mass is 32.2. The molecular weight excluding hydrogens is 288 g/mol. The van der Waals surface area contributed by atoms with E-state index in [0.717, 1.165) is 24.8 Å². The van der Waals surface area contributed by atoms with Gasteiger partial charge < -0.3 is 5.32 Å². The predicted molar refractivity (Wildman–Crippen MR) is 81.6 cm³/mol. The topological polar surface area (TPSA) is 89.3 Å². The zero-order chi connectivity index (χ0) is 15.8. The van der Waals surface area contributed by atoms with E-state index in [9.17, 15) is 13.2 Å². The molecule has 21 heavy (non-hydrogen) atoms. The number of amides is 1. The average molecular weight is 310 g/mol. The van der Waals surface area contributed by atoms with Crippen LogP contribution >= 0.6 is 0 Å². The summed E-state index contributed by atoms with van der Waals surface area (Å²) in [6.45, 7) is 6.22. The van der Waals surface area contributed by atoms with Gasteiger partial charge in [0, 0.05) is 12.1 Å². The normalized spacial score (nSPS) is 16.6. The molecule has 0 atom stereocenters. The molecule has 0 radical (unpaired) electrons. The summed E-state index contributed by atoms with van der Waals surface area (Å²) < 4.78 is 23.2. The number of hydrogen-bond acceptors (Lipinski definition) is 3. The summed E-state index contributed by atoms with van der Waals surface area (Å²) >= 11 is 0. The minimum atomic E-state index is -3.83. The summed E-state index contributed by atoms with van der Waals surface area (Å²) in [5, 5.41) is 8.11. The number of aryl methyl sites for hydroxylation is 1. The van der Waals surface area contributed by atoms with Crippen LogP contribution in [0.25, 0.3) is 0 Å². The van der Waals surface area contributed by atoms with Crippen molar-refractivity contribution >= 4 is 15.9 Å². The summed E-state index contributed by atoms with van der Waals surface area (Å²) in [4.78, 5) is 12.2. The third-order valence-electron chi connectivity index (χ3n) is 4.52. The lowest BCUT2D eigenvalue weighted by molar-refractivity contribution is 0.0944. The second-order valence-corrected chi connectivity index (χ2v) is 7.53. The van der Waals surface area contributed by atoms with Gasteiger partial charge in [0.05, 0.1) is 4.90 Å². The number of rotatable bonds is 5. The number of hydrogen-bond donors (Lipinski definition) is 2. The number of benzene rings is 1. The van der Waals surface area contributed by atoms with E-state index in [1.54, 1.807) is 19.9 Å². The van der Waals surface area contributed by atoms with Crippen LogP contribution in [0.1, 0.15) is 47.7 Å². The minimum Gasteiger partial charge on any atom is -0.351 e. The fourth-order valence-electron chi connectivity index (χ4n) is 2.46. The molecule has 116 valence electrons. The molecule has 0 aliphatic heterocycles. The fraction of sp³-hybridized carbons (Fsp3) is 0.533. The van der Waals surface area contributed by atoms with Gasteiger partial charge in [0.15, 0.2) is 0 Å². The van der Waals surface area contributed by atoms with Crippen molar-refractivity contribution in [3.05, 3.63) is 28.8 Å². The summed E-state index contributed by atoms with van der Waals surface area (Å²) in [7, 11) is -3.83. The Morgan fingerprint density at radius 1 is 1.33 bits per heavy atom. The summed E-state index contributed by atoms with van der Waals surface area (Å²) in [6.07, 6.45) is 3.32. The number of nitrogens with two attached hydrogens (primary N) is 1. The smallest absolute Gasteiger partial charge is 0.251 e. The van der Waals surface area contributed by atoms with E-state index in [1.165, 1.54) is 6.07 Å². The number of sulfonamides is 1. The maximum absolute atomic E-state index is 12.2. The second kappa shape index (κ2) is 5.42. The molecule has 0 bridgehead atoms. The maximum Gasteiger partial charge on any atom is 0.251 e. The molecule has 2 rings (SSSR count). The third-order valence-corrected chi connectivity index (χ3v) is 5.56. The quantitative estimate of drug-likeness (QED) is 0.870. The molecule has 3 N–H and O–H groups in total. The molecule has 0 saturated heterocycles. The van der Waals surface area contributed by atoms with Crippen LogP contribution in [0.4, 0.5) is 0 Å². The lowest BCUT2D eigenvalue weighted by Gasteiger charge is -2.15. The molecule has 1 aromatic carbocycles. The van der Waals surface area contributed by atoms with Crippen LogP contribution in [0.5, 0.6) is 0 Å².